The molecule has 0 bridgehead atoms. The Morgan fingerprint density at radius 1 is 0.615 bits per heavy atom. The van der Waals surface area contributed by atoms with Crippen LogP contribution >= 0.6 is 30.1 Å². The molecule has 78 heavy (non-hydrogen) atoms. The first kappa shape index (κ1) is 89.3. The molecule has 11 N–H and O–H groups in total. The fraction of sp³-hybridized carbons (Fsp3) is 0.537. The number of aliphatic carboxylic acids is 4. The van der Waals surface area contributed by atoms with E-state index < -0.39 is 65.7 Å². The van der Waals surface area contributed by atoms with Crippen molar-refractivity contribution in [3.05, 3.63) is 107 Å². The van der Waals surface area contributed by atoms with Gasteiger partial charge in [0.15, 0.2) is 5.78 Å². The number of carbonyl (C=O) groups excluding carboxylic acids is 3. The van der Waals surface area contributed by atoms with Crippen molar-refractivity contribution < 1.29 is 146 Å². The Labute approximate surface area is 530 Å². The topological polar surface area (TPSA) is 357 Å². The summed E-state index contributed by atoms with van der Waals surface area (Å²) in [6.07, 6.45) is 10.0. The van der Waals surface area contributed by atoms with Crippen LogP contribution in [-0.2, 0) is 65.2 Å². The van der Waals surface area contributed by atoms with Gasteiger partial charge in [-0.2, -0.15) is 0 Å². The number of ether oxygens (including phenoxy) is 1. The molecule has 0 spiro atoms. The van der Waals surface area contributed by atoms with Crippen LogP contribution in [0.1, 0.15) is 196 Å². The van der Waals surface area contributed by atoms with Gasteiger partial charge in [0.25, 0.3) is 5.97 Å². The quantitative estimate of drug-likeness (QED) is 0.0195. The van der Waals surface area contributed by atoms with Gasteiger partial charge in [-0.1, -0.05) is 147 Å². The number of rotatable bonds is 16. The van der Waals surface area contributed by atoms with Crippen LogP contribution in [-0.4, -0.2) is 84.4 Å². The number of carboxylic acid groups (broad SMARTS) is 4. The molecule has 0 unspecified atom stereocenters. The van der Waals surface area contributed by atoms with Crippen molar-refractivity contribution in [2.24, 2.45) is 29.4 Å². The Morgan fingerprint density at radius 3 is 1.27 bits per heavy atom. The van der Waals surface area contributed by atoms with Crippen LogP contribution in [0.4, 0.5) is 0 Å². The Morgan fingerprint density at radius 2 is 0.962 bits per heavy atom. The molecule has 1 saturated heterocycles. The fourth-order valence-corrected chi connectivity index (χ4v) is 6.89. The van der Waals surface area contributed by atoms with Gasteiger partial charge in [0, 0.05) is 31.7 Å². The summed E-state index contributed by atoms with van der Waals surface area (Å²) in [5.41, 5.74) is 5.73. The summed E-state index contributed by atoms with van der Waals surface area (Å²) in [4.78, 5) is 71.6. The summed E-state index contributed by atoms with van der Waals surface area (Å²) in [5.74, 6) is 8.15. The van der Waals surface area contributed by atoms with Crippen LogP contribution in [0.25, 0.3) is 0 Å². The van der Waals surface area contributed by atoms with E-state index >= 15 is 0 Å². The molecular formula is C54H85AlCl3KN2O16Pt. The Kier molecular flexibility index (Phi) is 66.1. The molecule has 1 aliphatic carbocycles. The third-order valence-electron chi connectivity index (χ3n) is 11.0. The monoisotopic (exact) mass is 1380 g/mol. The number of carbonyl (C=O) groups is 7. The molecule has 2 aliphatic rings. The number of ketones is 1. The van der Waals surface area contributed by atoms with E-state index in [1.165, 1.54) is 47.9 Å². The molecule has 0 atom stereocenters. The molecule has 2 fully saturated rings. The molecule has 442 valence electrons. The zero-order valence-electron chi connectivity index (χ0n) is 46.9. The predicted octanol–water partition coefficient (Wildman–Crippen LogP) is 8.80. The van der Waals surface area contributed by atoms with Gasteiger partial charge in [-0.05, 0) is 96.3 Å². The number of halogens is 3. The van der Waals surface area contributed by atoms with Gasteiger partial charge in [0.2, 0.25) is 0 Å². The van der Waals surface area contributed by atoms with Crippen LogP contribution in [0.3, 0.4) is 0 Å². The first-order chi connectivity index (χ1) is 35.2. The summed E-state index contributed by atoms with van der Waals surface area (Å²) in [6.45, 7) is 18.6. The Bertz CT molecular complexity index is 2040. The van der Waals surface area contributed by atoms with Gasteiger partial charge < -0.3 is 36.1 Å². The number of cyclic esters (lactones) is 2. The summed E-state index contributed by atoms with van der Waals surface area (Å²) in [5, 5.41) is 33.0. The second-order valence-electron chi connectivity index (χ2n) is 18.3. The SMILES string of the molecule is CC(=O)O.CC(C)C1CCC(CCCC(=O)O)CC1.CC(C)c1ccc(C(=O)CCC(=O)O)cc1.CC(C)c1ccc(CCCC(=O)O)cc1.CC(C)c1ccccc1.NN.O.O=C1CCC(=O)O1.[Cl][Al]([Cl])[Cl].[K+].[OH-].[O]=[Pt]=[O]. The molecule has 18 nitrogen and oxygen atoms in total. The summed E-state index contributed by atoms with van der Waals surface area (Å²) in [7, 11) is 14.8. The van der Waals surface area contributed by atoms with Gasteiger partial charge in [-0.25, -0.2) is 30.1 Å². The van der Waals surface area contributed by atoms with Crippen molar-refractivity contribution in [3.8, 4) is 0 Å². The Hall–Kier alpha value is -2.48. The number of Topliss-reactive ketones (excluding diaryl/α,β-unsaturated/α-hetero) is 1. The first-order valence-corrected chi connectivity index (χ1v) is 31.7. The zero-order valence-corrected chi connectivity index (χ0v) is 55.7. The summed E-state index contributed by atoms with van der Waals surface area (Å²) < 4.78 is 21.1. The standard InChI is InChI=1S/C13H16O3.C13H24O2.C13H18O2.C9H12.C4H4O3.C2H4O2.Al.3ClH.K.H4N2.2H2O.2O.Pt/c1-9(2)10-3-5-11(6-4-10)12(14)7-8-13(15)16;2*1-10(2)12-8-6-11(7-9-12)4-3-5-13(14)15;1-8(2)9-6-4-3-5-7-9;5-3-1-2-4(6)7-3;1-2(3)4;;;;;;1-2;;;;;/h3-6,9H,7-8H2,1-2H3,(H,15,16);10-12H,3-9H2,1-2H3,(H,14,15);6-10H,3-5H2,1-2H3,(H,14,15);3-8H,1-2H3;1-2H2;1H3,(H,3,4);;3*1H;;1-2H2;2*1H2;;;/q;;;;;;+3;;;;+1;;;;;;/p-4. The van der Waals surface area contributed by atoms with E-state index in [1.54, 1.807) is 12.1 Å². The normalized spacial score (nSPS) is 13.3. The Balaban J connectivity index is -0.000000154. The molecule has 24 heteroatoms. The number of esters is 2. The van der Waals surface area contributed by atoms with Crippen molar-refractivity contribution in [1.82, 2.24) is 0 Å². The zero-order chi connectivity index (χ0) is 58.5. The minimum absolute atomic E-state index is 0. The van der Waals surface area contributed by atoms with Gasteiger partial charge in [0.05, 0.1) is 19.3 Å². The van der Waals surface area contributed by atoms with Gasteiger partial charge in [-0.15, -0.1) is 0 Å². The van der Waals surface area contributed by atoms with Crippen LogP contribution in [0, 0.1) is 17.8 Å². The third-order valence-corrected chi connectivity index (χ3v) is 11.0. The van der Waals surface area contributed by atoms with E-state index in [1.807, 2.05) is 18.2 Å². The minimum atomic E-state index is -1.92. The number of nitrogens with two attached hydrogens (primary N) is 2. The van der Waals surface area contributed by atoms with Crippen molar-refractivity contribution >= 4 is 83.1 Å². The van der Waals surface area contributed by atoms with Crippen molar-refractivity contribution in [1.29, 1.82) is 0 Å². The summed E-state index contributed by atoms with van der Waals surface area (Å²) >= 11 is -3.64. The maximum absolute atomic E-state index is 11.6. The van der Waals surface area contributed by atoms with Crippen LogP contribution in [0.2, 0.25) is 0 Å². The molecule has 1 aliphatic heterocycles. The van der Waals surface area contributed by atoms with Gasteiger partial charge in [0.1, 0.15) is 0 Å². The molecular weight excluding hydrogens is 1300 g/mol. The van der Waals surface area contributed by atoms with E-state index in [0.29, 0.717) is 29.7 Å². The van der Waals surface area contributed by atoms with E-state index in [4.69, 9.17) is 62.2 Å². The second kappa shape index (κ2) is 57.7. The fourth-order valence-electron chi connectivity index (χ4n) is 6.89. The number of hydrogen-bond acceptors (Lipinski definition) is 13. The molecule has 1 heterocycles. The molecule has 5 rings (SSSR count). The average molecular weight is 1390 g/mol. The number of benzene rings is 3. The van der Waals surface area contributed by atoms with Crippen molar-refractivity contribution in [2.75, 3.05) is 0 Å². The van der Waals surface area contributed by atoms with E-state index in [2.05, 4.69) is 120 Å². The molecule has 3 aromatic carbocycles. The van der Waals surface area contributed by atoms with Gasteiger partial charge >= 0.3 is 118 Å². The molecule has 0 amide bonds. The maximum atomic E-state index is 11.6. The predicted molar refractivity (Wildman–Crippen MR) is 297 cm³/mol. The number of hydrogen-bond donors (Lipinski definition) is 6. The second-order valence-corrected chi connectivity index (χ2v) is 25.1. The third kappa shape index (κ3) is 58.2. The average Bonchev–Trinajstić information content (AvgIpc) is 3.74. The van der Waals surface area contributed by atoms with Crippen LogP contribution in [0.5, 0.6) is 0 Å². The van der Waals surface area contributed by atoms with Crippen LogP contribution in [0.15, 0.2) is 78.9 Å². The molecule has 1 saturated carbocycles. The molecule has 0 radical (unpaired) electrons. The summed E-state index contributed by atoms with van der Waals surface area (Å²) in [6, 6.07) is 26.3. The van der Waals surface area contributed by atoms with Crippen LogP contribution < -0.4 is 63.1 Å². The number of aryl methyl sites for hydroxylation is 1. The molecule has 0 aromatic heterocycles. The molecule has 3 aromatic rings. The van der Waals surface area contributed by atoms with E-state index in [9.17, 15) is 28.8 Å². The number of hydrazine groups is 1. The van der Waals surface area contributed by atoms with Gasteiger partial charge in [-0.3, -0.25) is 45.2 Å². The van der Waals surface area contributed by atoms with Crippen molar-refractivity contribution in [3.63, 3.8) is 0 Å². The number of carboxylic acids is 4. The first-order valence-electron chi connectivity index (χ1n) is 24.6. The van der Waals surface area contributed by atoms with E-state index in [0.717, 1.165) is 50.4 Å². The van der Waals surface area contributed by atoms with Crippen molar-refractivity contribution in [2.45, 2.75) is 170 Å². The van der Waals surface area contributed by atoms with E-state index in [-0.39, 0.29) is 100 Å².